The lowest BCUT2D eigenvalue weighted by atomic mass is 10.1. The molecule has 0 saturated heterocycles. The Labute approximate surface area is 102 Å². The molecule has 1 unspecified atom stereocenters. The van der Waals surface area contributed by atoms with E-state index in [1.54, 1.807) is 6.92 Å². The molecule has 1 aromatic heterocycles. The van der Waals surface area contributed by atoms with E-state index in [4.69, 9.17) is 0 Å². The van der Waals surface area contributed by atoms with Crippen LogP contribution in [0.1, 0.15) is 43.3 Å². The van der Waals surface area contributed by atoms with Crippen molar-refractivity contribution >= 4 is 11.8 Å². The Morgan fingerprint density at radius 1 is 1.44 bits per heavy atom. The van der Waals surface area contributed by atoms with Gasteiger partial charge in [0.2, 0.25) is 0 Å². The summed E-state index contributed by atoms with van der Waals surface area (Å²) >= 11 is 1.96. The predicted octanol–water partition coefficient (Wildman–Crippen LogP) is 2.70. The maximum atomic E-state index is 9.65. The van der Waals surface area contributed by atoms with Gasteiger partial charge in [0.05, 0.1) is 11.8 Å². The lowest BCUT2D eigenvalue weighted by Gasteiger charge is -2.06. The Morgan fingerprint density at radius 3 is 2.62 bits per heavy atom. The fraction of sp³-hybridized carbons (Fsp3) is 0.750. The minimum atomic E-state index is -0.418. The first-order valence-corrected chi connectivity index (χ1v) is 7.03. The third kappa shape index (κ3) is 3.25. The van der Waals surface area contributed by atoms with Crippen molar-refractivity contribution in [2.24, 2.45) is 0 Å². The van der Waals surface area contributed by atoms with Gasteiger partial charge in [-0.15, -0.1) is 0 Å². The van der Waals surface area contributed by atoms with Crippen LogP contribution in [0, 0.1) is 13.8 Å². The summed E-state index contributed by atoms with van der Waals surface area (Å²) in [4.78, 5) is 0. The van der Waals surface area contributed by atoms with Crippen LogP contribution in [0.5, 0.6) is 0 Å². The maximum absolute atomic E-state index is 9.65. The molecule has 3 nitrogen and oxygen atoms in total. The first kappa shape index (κ1) is 13.6. The molecule has 0 saturated carbocycles. The molecule has 0 aliphatic heterocycles. The summed E-state index contributed by atoms with van der Waals surface area (Å²) < 4.78 is 2.02. The third-order valence-electron chi connectivity index (χ3n) is 2.72. The summed E-state index contributed by atoms with van der Waals surface area (Å²) in [6.45, 7) is 8.93. The summed E-state index contributed by atoms with van der Waals surface area (Å²) in [7, 11) is 0. The highest BCUT2D eigenvalue weighted by Gasteiger charge is 2.14. The second kappa shape index (κ2) is 6.30. The molecule has 0 aromatic carbocycles. The van der Waals surface area contributed by atoms with Crippen molar-refractivity contribution in [3.63, 3.8) is 0 Å². The van der Waals surface area contributed by atoms with E-state index in [2.05, 4.69) is 12.0 Å². The van der Waals surface area contributed by atoms with Crippen molar-refractivity contribution in [1.82, 2.24) is 9.78 Å². The number of thioether (sulfide) groups is 1. The lowest BCUT2D eigenvalue weighted by molar-refractivity contribution is 0.197. The molecule has 0 radical (unpaired) electrons. The molecule has 0 aliphatic rings. The van der Waals surface area contributed by atoms with Crippen molar-refractivity contribution < 1.29 is 5.11 Å². The zero-order chi connectivity index (χ0) is 12.1. The largest absolute Gasteiger partial charge is 0.389 e. The van der Waals surface area contributed by atoms with Gasteiger partial charge in [0.15, 0.2) is 0 Å². The van der Waals surface area contributed by atoms with Crippen LogP contribution in [-0.2, 0) is 6.54 Å². The van der Waals surface area contributed by atoms with E-state index in [-0.39, 0.29) is 0 Å². The maximum Gasteiger partial charge on any atom is 0.0797 e. The molecular formula is C12H22N2OS. The normalized spacial score (nSPS) is 13.1. The van der Waals surface area contributed by atoms with E-state index in [0.717, 1.165) is 29.9 Å². The van der Waals surface area contributed by atoms with E-state index >= 15 is 0 Å². The Kier molecular flexibility index (Phi) is 5.35. The standard InChI is InChI=1S/C12H22N2OS/c1-5-16-8-6-7-14-10(3)12(11(4)15)9(2)13-14/h11,15H,5-8H2,1-4H3. The molecule has 0 bridgehead atoms. The number of aliphatic hydroxyl groups excluding tert-OH is 1. The van der Waals surface area contributed by atoms with Crippen LogP contribution in [0.15, 0.2) is 0 Å². The van der Waals surface area contributed by atoms with E-state index < -0.39 is 6.10 Å². The molecule has 1 aromatic rings. The highest BCUT2D eigenvalue weighted by atomic mass is 32.2. The number of aromatic nitrogens is 2. The van der Waals surface area contributed by atoms with Gasteiger partial charge in [0.1, 0.15) is 0 Å². The zero-order valence-corrected chi connectivity index (χ0v) is 11.5. The number of aryl methyl sites for hydroxylation is 2. The SMILES string of the molecule is CCSCCCn1nc(C)c(C(C)O)c1C. The fourth-order valence-corrected chi connectivity index (χ4v) is 2.62. The second-order valence-electron chi connectivity index (χ2n) is 4.03. The molecule has 0 amide bonds. The van der Waals surface area contributed by atoms with Gasteiger partial charge in [-0.1, -0.05) is 6.92 Å². The second-order valence-corrected chi connectivity index (χ2v) is 5.43. The first-order valence-electron chi connectivity index (χ1n) is 5.87. The van der Waals surface area contributed by atoms with Crippen molar-refractivity contribution in [2.75, 3.05) is 11.5 Å². The molecule has 1 heterocycles. The smallest absolute Gasteiger partial charge is 0.0797 e. The number of aliphatic hydroxyl groups is 1. The number of hydrogen-bond acceptors (Lipinski definition) is 3. The Hall–Kier alpha value is -0.480. The van der Waals surface area contributed by atoms with E-state index in [1.807, 2.05) is 30.3 Å². The van der Waals surface area contributed by atoms with E-state index in [0.29, 0.717) is 0 Å². The van der Waals surface area contributed by atoms with Gasteiger partial charge >= 0.3 is 0 Å². The van der Waals surface area contributed by atoms with Gasteiger partial charge in [-0.3, -0.25) is 4.68 Å². The number of nitrogens with zero attached hydrogens (tertiary/aromatic N) is 2. The van der Waals surface area contributed by atoms with Crippen molar-refractivity contribution in [3.8, 4) is 0 Å². The summed E-state index contributed by atoms with van der Waals surface area (Å²) in [5.41, 5.74) is 3.05. The van der Waals surface area contributed by atoms with Crippen LogP contribution in [0.2, 0.25) is 0 Å². The van der Waals surface area contributed by atoms with Crippen LogP contribution in [0.3, 0.4) is 0 Å². The molecule has 0 spiro atoms. The monoisotopic (exact) mass is 242 g/mol. The average molecular weight is 242 g/mol. The summed E-state index contributed by atoms with van der Waals surface area (Å²) in [5.74, 6) is 2.36. The molecule has 16 heavy (non-hydrogen) atoms. The Balaban J connectivity index is 2.64. The molecule has 0 aliphatic carbocycles. The fourth-order valence-electron chi connectivity index (χ4n) is 1.99. The minimum absolute atomic E-state index is 0.418. The molecule has 4 heteroatoms. The van der Waals surface area contributed by atoms with Crippen molar-refractivity contribution in [1.29, 1.82) is 0 Å². The van der Waals surface area contributed by atoms with Gasteiger partial charge in [-0.2, -0.15) is 16.9 Å². The number of rotatable bonds is 6. The third-order valence-corrected chi connectivity index (χ3v) is 3.70. The topological polar surface area (TPSA) is 38.0 Å². The quantitative estimate of drug-likeness (QED) is 0.779. The van der Waals surface area contributed by atoms with E-state index in [1.165, 1.54) is 11.5 Å². The molecule has 1 N–H and O–H groups in total. The number of hydrogen-bond donors (Lipinski definition) is 1. The van der Waals surface area contributed by atoms with Crippen LogP contribution in [-0.4, -0.2) is 26.4 Å². The summed E-state index contributed by atoms with van der Waals surface area (Å²) in [6.07, 6.45) is 0.721. The molecule has 0 fully saturated rings. The summed E-state index contributed by atoms with van der Waals surface area (Å²) in [6, 6.07) is 0. The predicted molar refractivity (Wildman–Crippen MR) is 70.0 cm³/mol. The van der Waals surface area contributed by atoms with Crippen LogP contribution in [0.4, 0.5) is 0 Å². The molecule has 92 valence electrons. The van der Waals surface area contributed by atoms with Gasteiger partial charge in [-0.25, -0.2) is 0 Å². The average Bonchev–Trinajstić information content (AvgIpc) is 2.49. The Bertz CT molecular complexity index is 334. The molecule has 1 atom stereocenters. The van der Waals surface area contributed by atoms with Gasteiger partial charge in [0.25, 0.3) is 0 Å². The highest BCUT2D eigenvalue weighted by molar-refractivity contribution is 7.99. The highest BCUT2D eigenvalue weighted by Crippen LogP contribution is 2.21. The van der Waals surface area contributed by atoms with Gasteiger partial charge in [-0.05, 0) is 38.7 Å². The van der Waals surface area contributed by atoms with Gasteiger partial charge in [0, 0.05) is 17.8 Å². The van der Waals surface area contributed by atoms with Crippen LogP contribution >= 0.6 is 11.8 Å². The molecular weight excluding hydrogens is 220 g/mol. The van der Waals surface area contributed by atoms with Crippen molar-refractivity contribution in [2.45, 2.75) is 46.8 Å². The van der Waals surface area contributed by atoms with Gasteiger partial charge < -0.3 is 5.11 Å². The Morgan fingerprint density at radius 2 is 2.12 bits per heavy atom. The zero-order valence-electron chi connectivity index (χ0n) is 10.7. The van der Waals surface area contributed by atoms with Crippen LogP contribution < -0.4 is 0 Å². The van der Waals surface area contributed by atoms with Crippen LogP contribution in [0.25, 0.3) is 0 Å². The van der Waals surface area contributed by atoms with E-state index in [9.17, 15) is 5.11 Å². The van der Waals surface area contributed by atoms with Crippen molar-refractivity contribution in [3.05, 3.63) is 17.0 Å². The first-order chi connectivity index (χ1) is 7.57. The molecule has 1 rings (SSSR count). The lowest BCUT2D eigenvalue weighted by Crippen LogP contribution is -2.04. The minimum Gasteiger partial charge on any atom is -0.389 e. The summed E-state index contributed by atoms with van der Waals surface area (Å²) in [5, 5.41) is 14.1.